The minimum absolute atomic E-state index is 0.185. The summed E-state index contributed by atoms with van der Waals surface area (Å²) >= 11 is 0. The Morgan fingerprint density at radius 2 is 1.48 bits per heavy atom. The van der Waals surface area contributed by atoms with Gasteiger partial charge in [0.05, 0.1) is 11.3 Å². The first-order valence-electron chi connectivity index (χ1n) is 7.65. The zero-order valence-electron chi connectivity index (χ0n) is 14.8. The third-order valence-corrected chi connectivity index (χ3v) is 3.46. The number of halogens is 5. The van der Waals surface area contributed by atoms with E-state index in [2.05, 4.69) is 11.8 Å². The lowest BCUT2D eigenvalue weighted by Crippen LogP contribution is -2.40. The number of aromatic nitrogens is 2. The van der Waals surface area contributed by atoms with Gasteiger partial charge in [0.25, 0.3) is 5.56 Å². The van der Waals surface area contributed by atoms with Gasteiger partial charge in [-0.1, -0.05) is 11.8 Å². The Bertz CT molecular complexity index is 1050. The topological polar surface area (TPSA) is 44.0 Å². The van der Waals surface area contributed by atoms with Crippen molar-refractivity contribution in [1.29, 1.82) is 0 Å². The molecule has 0 aliphatic carbocycles. The first kappa shape index (κ1) is 20.4. The van der Waals surface area contributed by atoms with Crippen LogP contribution in [0.5, 0.6) is 0 Å². The Hall–Kier alpha value is -2.89. The van der Waals surface area contributed by atoms with E-state index >= 15 is 0 Å². The molecule has 0 aliphatic rings. The van der Waals surface area contributed by atoms with Gasteiger partial charge in [-0.15, -0.1) is 0 Å². The fourth-order valence-corrected chi connectivity index (χ4v) is 2.19. The summed E-state index contributed by atoms with van der Waals surface area (Å²) in [6, 6.07) is 1.53. The summed E-state index contributed by atoms with van der Waals surface area (Å²) in [5, 5.41) is 0. The minimum atomic E-state index is -4.94. The van der Waals surface area contributed by atoms with Crippen molar-refractivity contribution in [3.8, 4) is 17.5 Å². The summed E-state index contributed by atoms with van der Waals surface area (Å²) < 4.78 is 67.5. The van der Waals surface area contributed by atoms with Gasteiger partial charge in [-0.2, -0.15) is 13.2 Å². The van der Waals surface area contributed by atoms with E-state index in [1.807, 2.05) is 0 Å². The monoisotopic (exact) mass is 386 g/mol. The van der Waals surface area contributed by atoms with Crippen molar-refractivity contribution in [3.63, 3.8) is 0 Å². The van der Waals surface area contributed by atoms with Crippen LogP contribution in [0.2, 0.25) is 0 Å². The van der Waals surface area contributed by atoms with Crippen LogP contribution in [0.15, 0.2) is 27.8 Å². The highest BCUT2D eigenvalue weighted by Crippen LogP contribution is 2.27. The Morgan fingerprint density at radius 1 is 0.963 bits per heavy atom. The van der Waals surface area contributed by atoms with E-state index in [1.165, 1.54) is 0 Å². The molecule has 27 heavy (non-hydrogen) atoms. The lowest BCUT2D eigenvalue weighted by molar-refractivity contribution is -0.144. The lowest BCUT2D eigenvalue weighted by Gasteiger charge is -2.14. The molecule has 0 N–H and O–H groups in total. The summed E-state index contributed by atoms with van der Waals surface area (Å²) in [5.74, 6) is 2.71. The standard InChI is InChI=1S/C18H15F5N2O2/c1-17(2,3)6-5-11-12(19)7-10(8-13(11)20)25-15(26)9-14(18(21,22)23)24(4)16(25)27/h7-9H,1-4H3. The summed E-state index contributed by atoms with van der Waals surface area (Å²) in [6.07, 6.45) is -4.94. The van der Waals surface area contributed by atoms with Crippen molar-refractivity contribution in [2.45, 2.75) is 26.9 Å². The van der Waals surface area contributed by atoms with E-state index in [-0.39, 0.29) is 15.2 Å². The van der Waals surface area contributed by atoms with Gasteiger partial charge in [0, 0.05) is 18.5 Å². The maximum atomic E-state index is 14.3. The third-order valence-electron chi connectivity index (χ3n) is 3.46. The summed E-state index contributed by atoms with van der Waals surface area (Å²) in [4.78, 5) is 24.2. The van der Waals surface area contributed by atoms with Crippen molar-refractivity contribution in [3.05, 3.63) is 61.9 Å². The van der Waals surface area contributed by atoms with Gasteiger partial charge < -0.3 is 0 Å². The van der Waals surface area contributed by atoms with Crippen molar-refractivity contribution in [1.82, 2.24) is 9.13 Å². The molecule has 0 unspecified atom stereocenters. The predicted octanol–water partition coefficient (Wildman–Crippen LogP) is 3.23. The van der Waals surface area contributed by atoms with E-state index in [1.54, 1.807) is 20.8 Å². The van der Waals surface area contributed by atoms with Crippen molar-refractivity contribution < 1.29 is 22.0 Å². The molecule has 4 nitrogen and oxygen atoms in total. The second kappa shape index (κ2) is 6.68. The van der Waals surface area contributed by atoms with E-state index in [4.69, 9.17) is 0 Å². The van der Waals surface area contributed by atoms with Gasteiger partial charge in [0.15, 0.2) is 0 Å². The van der Waals surface area contributed by atoms with Crippen LogP contribution in [0.25, 0.3) is 5.69 Å². The molecule has 1 aromatic carbocycles. The highest BCUT2D eigenvalue weighted by Gasteiger charge is 2.35. The average Bonchev–Trinajstić information content (AvgIpc) is 2.48. The van der Waals surface area contributed by atoms with Crippen LogP contribution in [-0.2, 0) is 13.2 Å². The highest BCUT2D eigenvalue weighted by molar-refractivity contribution is 5.44. The van der Waals surface area contributed by atoms with E-state index in [0.717, 1.165) is 7.05 Å². The summed E-state index contributed by atoms with van der Waals surface area (Å²) in [5.41, 5.74) is -5.85. The van der Waals surface area contributed by atoms with Crippen LogP contribution in [0, 0.1) is 28.9 Å². The zero-order valence-corrected chi connectivity index (χ0v) is 14.8. The van der Waals surface area contributed by atoms with Gasteiger partial charge in [-0.3, -0.25) is 9.36 Å². The van der Waals surface area contributed by atoms with Crippen molar-refractivity contribution in [2.24, 2.45) is 12.5 Å². The molecule has 0 amide bonds. The lowest BCUT2D eigenvalue weighted by atomic mass is 9.97. The average molecular weight is 386 g/mol. The Morgan fingerprint density at radius 3 is 1.93 bits per heavy atom. The van der Waals surface area contributed by atoms with Gasteiger partial charge >= 0.3 is 11.9 Å². The molecule has 0 aliphatic heterocycles. The molecule has 0 atom stereocenters. The van der Waals surface area contributed by atoms with Crippen LogP contribution >= 0.6 is 0 Å². The van der Waals surface area contributed by atoms with Gasteiger partial charge in [0.2, 0.25) is 0 Å². The van der Waals surface area contributed by atoms with Gasteiger partial charge in [-0.05, 0) is 32.9 Å². The molecular weight excluding hydrogens is 371 g/mol. The van der Waals surface area contributed by atoms with Crippen LogP contribution < -0.4 is 11.2 Å². The highest BCUT2D eigenvalue weighted by atomic mass is 19.4. The molecule has 2 rings (SSSR count). The molecule has 9 heteroatoms. The van der Waals surface area contributed by atoms with E-state index < -0.39 is 51.4 Å². The number of alkyl halides is 3. The smallest absolute Gasteiger partial charge is 0.292 e. The summed E-state index contributed by atoms with van der Waals surface area (Å²) in [7, 11) is 0.803. The number of rotatable bonds is 1. The normalized spacial score (nSPS) is 11.9. The zero-order chi connectivity index (χ0) is 20.7. The fourth-order valence-electron chi connectivity index (χ4n) is 2.19. The molecule has 0 bridgehead atoms. The maximum absolute atomic E-state index is 14.3. The van der Waals surface area contributed by atoms with E-state index in [0.29, 0.717) is 12.1 Å². The van der Waals surface area contributed by atoms with Crippen molar-refractivity contribution >= 4 is 0 Å². The SMILES string of the molecule is Cn1c(C(F)(F)F)cc(=O)n(-c2cc(F)c(C#CC(C)(C)C)c(F)c2)c1=O. The van der Waals surface area contributed by atoms with Gasteiger partial charge in [-0.25, -0.2) is 18.1 Å². The van der Waals surface area contributed by atoms with Gasteiger partial charge in [0.1, 0.15) is 17.3 Å². The van der Waals surface area contributed by atoms with Crippen LogP contribution in [0.4, 0.5) is 22.0 Å². The fraction of sp³-hybridized carbons (Fsp3) is 0.333. The van der Waals surface area contributed by atoms with Crippen molar-refractivity contribution in [2.75, 3.05) is 0 Å². The Balaban J connectivity index is 2.71. The Labute approximate surface area is 150 Å². The molecule has 144 valence electrons. The number of hydrogen-bond donors (Lipinski definition) is 0. The predicted molar refractivity (Wildman–Crippen MR) is 88.5 cm³/mol. The first-order chi connectivity index (χ1) is 12.2. The molecule has 2 aromatic rings. The van der Waals surface area contributed by atoms with Crippen LogP contribution in [0.1, 0.15) is 32.0 Å². The molecule has 0 saturated carbocycles. The molecule has 0 radical (unpaired) electrons. The van der Waals surface area contributed by atoms with E-state index in [9.17, 15) is 31.5 Å². The minimum Gasteiger partial charge on any atom is -0.292 e. The second-order valence-corrected chi connectivity index (χ2v) is 6.83. The second-order valence-electron chi connectivity index (χ2n) is 6.83. The quantitative estimate of drug-likeness (QED) is 0.558. The number of nitrogens with zero attached hydrogens (tertiary/aromatic N) is 2. The largest absolute Gasteiger partial charge is 0.431 e. The van der Waals surface area contributed by atoms with Crippen LogP contribution in [0.3, 0.4) is 0 Å². The first-order valence-corrected chi connectivity index (χ1v) is 7.65. The number of benzene rings is 1. The maximum Gasteiger partial charge on any atom is 0.431 e. The molecule has 0 spiro atoms. The van der Waals surface area contributed by atoms with Crippen LogP contribution in [-0.4, -0.2) is 9.13 Å². The molecular formula is C18H15F5N2O2. The summed E-state index contributed by atoms with van der Waals surface area (Å²) in [6.45, 7) is 5.20. The molecule has 0 fully saturated rings. The number of hydrogen-bond acceptors (Lipinski definition) is 2. The molecule has 1 heterocycles. The molecule has 0 saturated heterocycles. The molecule has 1 aromatic heterocycles. The Kier molecular flexibility index (Phi) is 5.06. The third kappa shape index (κ3) is 4.27.